The number of hydrogen-bond acceptors (Lipinski definition) is 5. The Labute approximate surface area is 170 Å². The van der Waals surface area contributed by atoms with Crippen LogP contribution in [0.1, 0.15) is 60.9 Å². The largest absolute Gasteiger partial charge is 0.459 e. The smallest absolute Gasteiger partial charge is 0.338 e. The van der Waals surface area contributed by atoms with E-state index in [0.29, 0.717) is 11.3 Å². The van der Waals surface area contributed by atoms with Crippen molar-refractivity contribution in [1.29, 1.82) is 0 Å². The van der Waals surface area contributed by atoms with Crippen LogP contribution in [-0.2, 0) is 9.53 Å². The molecule has 1 N–H and O–H groups in total. The van der Waals surface area contributed by atoms with E-state index in [1.165, 1.54) is 6.26 Å². The van der Waals surface area contributed by atoms with Gasteiger partial charge in [-0.2, -0.15) is 0 Å². The van der Waals surface area contributed by atoms with E-state index in [-0.39, 0.29) is 29.7 Å². The van der Waals surface area contributed by atoms with E-state index >= 15 is 0 Å². The number of carbonyl (C=O) groups excluding carboxylic acids is 3. The predicted octanol–water partition coefficient (Wildman–Crippen LogP) is 3.87. The number of furan rings is 1. The Bertz CT molecular complexity index is 850. The minimum atomic E-state index is -0.858. The maximum Gasteiger partial charge on any atom is 0.338 e. The van der Waals surface area contributed by atoms with Crippen molar-refractivity contribution in [1.82, 2.24) is 4.90 Å². The van der Waals surface area contributed by atoms with Crippen LogP contribution in [0, 0.1) is 0 Å². The fraction of sp³-hybridized carbons (Fsp3) is 0.409. The number of nitrogens with one attached hydrogen (secondary N) is 1. The predicted molar refractivity (Wildman–Crippen MR) is 108 cm³/mol. The molecule has 29 heavy (non-hydrogen) atoms. The van der Waals surface area contributed by atoms with E-state index in [2.05, 4.69) is 5.32 Å². The van der Waals surface area contributed by atoms with Gasteiger partial charge in [0.15, 0.2) is 11.9 Å². The highest BCUT2D eigenvalue weighted by Crippen LogP contribution is 2.24. The highest BCUT2D eigenvalue weighted by molar-refractivity contribution is 6.02. The van der Waals surface area contributed by atoms with Crippen molar-refractivity contribution in [2.45, 2.75) is 58.2 Å². The number of esters is 1. The van der Waals surface area contributed by atoms with Crippen LogP contribution in [0.15, 0.2) is 47.1 Å². The summed E-state index contributed by atoms with van der Waals surface area (Å²) in [6.45, 7) is 5.65. The zero-order valence-electron chi connectivity index (χ0n) is 16.9. The van der Waals surface area contributed by atoms with Gasteiger partial charge >= 0.3 is 5.97 Å². The van der Waals surface area contributed by atoms with Crippen molar-refractivity contribution in [2.24, 2.45) is 0 Å². The van der Waals surface area contributed by atoms with Gasteiger partial charge in [-0.25, -0.2) is 4.79 Å². The number of benzene rings is 1. The second-order valence-electron chi connectivity index (χ2n) is 7.43. The third-order valence-corrected chi connectivity index (χ3v) is 5.20. The standard InChI is InChI=1S/C22H26N2O5/c1-14-6-4-7-15(2)24(14)21(26)16(3)29-22(27)17-9-11-18(12-10-17)23-20(25)19-8-5-13-28-19/h5,8-16H,4,6-7H2,1-3H3,(H,23,25)/t14-,15-,16-/m1/s1. The number of amides is 2. The minimum Gasteiger partial charge on any atom is -0.459 e. The highest BCUT2D eigenvalue weighted by atomic mass is 16.5. The quantitative estimate of drug-likeness (QED) is 0.773. The molecule has 7 nitrogen and oxygen atoms in total. The van der Waals surface area contributed by atoms with Gasteiger partial charge < -0.3 is 19.4 Å². The SMILES string of the molecule is C[C@@H]1CCC[C@@H](C)N1C(=O)[C@@H](C)OC(=O)c1ccc(NC(=O)c2ccco2)cc1. The average Bonchev–Trinajstić information content (AvgIpc) is 3.23. The lowest BCUT2D eigenvalue weighted by molar-refractivity contribution is -0.146. The van der Waals surface area contributed by atoms with Gasteiger partial charge in [-0.3, -0.25) is 9.59 Å². The Balaban J connectivity index is 1.58. The molecule has 0 radical (unpaired) electrons. The number of nitrogens with zero attached hydrogens (tertiary/aromatic N) is 1. The van der Waals surface area contributed by atoms with Crippen LogP contribution in [0.4, 0.5) is 5.69 Å². The molecule has 0 unspecified atom stereocenters. The summed E-state index contributed by atoms with van der Waals surface area (Å²) >= 11 is 0. The van der Waals surface area contributed by atoms with E-state index in [1.807, 2.05) is 18.7 Å². The fourth-order valence-electron chi connectivity index (χ4n) is 3.63. The van der Waals surface area contributed by atoms with Crippen LogP contribution >= 0.6 is 0 Å². The van der Waals surface area contributed by atoms with Gasteiger partial charge in [0.1, 0.15) is 0 Å². The summed E-state index contributed by atoms with van der Waals surface area (Å²) in [7, 11) is 0. The number of hydrogen-bond donors (Lipinski definition) is 1. The normalized spacial score (nSPS) is 20.0. The molecule has 2 aromatic rings. The summed E-state index contributed by atoms with van der Waals surface area (Å²) in [6.07, 6.45) is 3.58. The maximum atomic E-state index is 12.8. The van der Waals surface area contributed by atoms with Crippen LogP contribution in [0.3, 0.4) is 0 Å². The highest BCUT2D eigenvalue weighted by Gasteiger charge is 2.33. The molecule has 1 aliphatic rings. The molecule has 1 aromatic carbocycles. The summed E-state index contributed by atoms with van der Waals surface area (Å²) in [5.74, 6) is -0.927. The van der Waals surface area contributed by atoms with Gasteiger partial charge in [-0.05, 0) is 76.4 Å². The van der Waals surface area contributed by atoms with Gasteiger partial charge in [0.05, 0.1) is 11.8 Å². The molecular weight excluding hydrogens is 372 g/mol. The molecular formula is C22H26N2O5. The van der Waals surface area contributed by atoms with Gasteiger partial charge in [0.25, 0.3) is 11.8 Å². The maximum absolute atomic E-state index is 12.8. The third-order valence-electron chi connectivity index (χ3n) is 5.20. The van der Waals surface area contributed by atoms with Crippen molar-refractivity contribution in [3.8, 4) is 0 Å². The molecule has 1 fully saturated rings. The summed E-state index contributed by atoms with van der Waals surface area (Å²) in [6, 6.07) is 9.75. The second-order valence-corrected chi connectivity index (χ2v) is 7.43. The molecule has 3 rings (SSSR count). The number of likely N-dealkylation sites (tertiary alicyclic amines) is 1. The Kier molecular flexibility index (Phi) is 6.36. The van der Waals surface area contributed by atoms with Crippen LogP contribution in [0.2, 0.25) is 0 Å². The summed E-state index contributed by atoms with van der Waals surface area (Å²) in [5, 5.41) is 2.68. The minimum absolute atomic E-state index is 0.143. The molecule has 1 aromatic heterocycles. The third kappa shape index (κ3) is 4.85. The lowest BCUT2D eigenvalue weighted by Gasteiger charge is -2.40. The lowest BCUT2D eigenvalue weighted by Crippen LogP contribution is -2.51. The molecule has 2 heterocycles. The second kappa shape index (κ2) is 8.94. The van der Waals surface area contributed by atoms with Crippen LogP contribution < -0.4 is 5.32 Å². The van der Waals surface area contributed by atoms with Crippen molar-refractivity contribution in [3.05, 3.63) is 54.0 Å². The van der Waals surface area contributed by atoms with Crippen molar-refractivity contribution in [2.75, 3.05) is 5.32 Å². The molecule has 3 atom stereocenters. The van der Waals surface area contributed by atoms with E-state index in [0.717, 1.165) is 19.3 Å². The molecule has 0 saturated carbocycles. The number of rotatable bonds is 5. The summed E-state index contributed by atoms with van der Waals surface area (Å²) in [4.78, 5) is 39.0. The first-order chi connectivity index (χ1) is 13.9. The van der Waals surface area contributed by atoms with Crippen molar-refractivity contribution < 1.29 is 23.5 Å². The molecule has 0 spiro atoms. The molecule has 154 valence electrons. The monoisotopic (exact) mass is 398 g/mol. The molecule has 7 heteroatoms. The molecule has 2 amide bonds. The van der Waals surface area contributed by atoms with Crippen molar-refractivity contribution in [3.63, 3.8) is 0 Å². The van der Waals surface area contributed by atoms with E-state index in [1.54, 1.807) is 43.3 Å². The number of ether oxygens (including phenoxy) is 1. The van der Waals surface area contributed by atoms with Crippen molar-refractivity contribution >= 4 is 23.5 Å². The summed E-state index contributed by atoms with van der Waals surface area (Å²) < 4.78 is 10.4. The lowest BCUT2D eigenvalue weighted by atomic mass is 9.97. The Hall–Kier alpha value is -3.09. The Morgan fingerprint density at radius 2 is 1.76 bits per heavy atom. The number of anilines is 1. The van der Waals surface area contributed by atoms with E-state index in [4.69, 9.17) is 9.15 Å². The van der Waals surface area contributed by atoms with Crippen LogP contribution in [0.5, 0.6) is 0 Å². The number of piperidine rings is 1. The first-order valence-corrected chi connectivity index (χ1v) is 9.85. The molecule has 1 saturated heterocycles. The zero-order valence-corrected chi connectivity index (χ0v) is 16.9. The van der Waals surface area contributed by atoms with E-state index in [9.17, 15) is 14.4 Å². The van der Waals surface area contributed by atoms with Gasteiger partial charge in [-0.15, -0.1) is 0 Å². The molecule has 0 aliphatic carbocycles. The summed E-state index contributed by atoms with van der Waals surface area (Å²) in [5.41, 5.74) is 0.823. The number of carbonyl (C=O) groups is 3. The van der Waals surface area contributed by atoms with Crippen LogP contribution in [-0.4, -0.2) is 40.9 Å². The van der Waals surface area contributed by atoms with Gasteiger partial charge in [0, 0.05) is 17.8 Å². The molecule has 0 bridgehead atoms. The van der Waals surface area contributed by atoms with Gasteiger partial charge in [0.2, 0.25) is 0 Å². The Morgan fingerprint density at radius 1 is 1.10 bits per heavy atom. The topological polar surface area (TPSA) is 88.9 Å². The zero-order chi connectivity index (χ0) is 21.0. The fourth-order valence-corrected chi connectivity index (χ4v) is 3.63. The first-order valence-electron chi connectivity index (χ1n) is 9.85. The van der Waals surface area contributed by atoms with Crippen LogP contribution in [0.25, 0.3) is 0 Å². The first kappa shape index (κ1) is 20.6. The Morgan fingerprint density at radius 3 is 2.34 bits per heavy atom. The average molecular weight is 398 g/mol. The molecule has 1 aliphatic heterocycles. The van der Waals surface area contributed by atoms with Gasteiger partial charge in [-0.1, -0.05) is 0 Å². The van der Waals surface area contributed by atoms with E-state index < -0.39 is 12.1 Å².